The van der Waals surface area contributed by atoms with Crippen molar-refractivity contribution in [3.05, 3.63) is 23.5 Å². The second-order valence-corrected chi connectivity index (χ2v) is 3.58. The first-order valence-electron chi connectivity index (χ1n) is 4.66. The Balaban J connectivity index is 2.79. The van der Waals surface area contributed by atoms with E-state index in [1.165, 1.54) is 6.92 Å². The molecule has 1 heterocycles. The molecule has 4 heteroatoms. The third-order valence-electron chi connectivity index (χ3n) is 2.15. The van der Waals surface area contributed by atoms with Crippen molar-refractivity contribution in [1.29, 1.82) is 0 Å². The molecule has 0 saturated carbocycles. The minimum Gasteiger partial charge on any atom is -0.357 e. The molecule has 78 valence electrons. The number of nitrogens with two attached hydrogens (primary N) is 1. The first kappa shape index (κ1) is 10.8. The maximum absolute atomic E-state index is 10.9. The van der Waals surface area contributed by atoms with Gasteiger partial charge in [0.1, 0.15) is 5.82 Å². The lowest BCUT2D eigenvalue weighted by Crippen LogP contribution is -2.35. The smallest absolute Gasteiger partial charge is 0.222 e. The molecule has 3 N–H and O–H groups in total. The second-order valence-electron chi connectivity index (χ2n) is 3.58. The predicted molar refractivity (Wildman–Crippen MR) is 56.3 cm³/mol. The van der Waals surface area contributed by atoms with E-state index in [-0.39, 0.29) is 11.9 Å². The fraction of sp³-hybridized carbons (Fsp3) is 0.500. The number of nitrogens with one attached hydrogen (secondary N) is 1. The Morgan fingerprint density at radius 3 is 2.86 bits per heavy atom. The van der Waals surface area contributed by atoms with E-state index in [0.29, 0.717) is 0 Å². The molecule has 0 aliphatic carbocycles. The lowest BCUT2D eigenvalue weighted by atomic mass is 10.1. The standard InChI is InChI=1S/C10H17N3O/c1-7(11)9-4-5-13(3)10(6-9)12-8(2)14/h4,6-7H,5,11H2,1-3H3,(H,12,14). The monoisotopic (exact) mass is 195 g/mol. The van der Waals surface area contributed by atoms with E-state index in [4.69, 9.17) is 5.73 Å². The molecule has 4 nitrogen and oxygen atoms in total. The topological polar surface area (TPSA) is 58.4 Å². The first-order valence-corrected chi connectivity index (χ1v) is 4.66. The van der Waals surface area contributed by atoms with Crippen LogP contribution in [0.25, 0.3) is 0 Å². The van der Waals surface area contributed by atoms with Crippen LogP contribution in [-0.2, 0) is 4.79 Å². The molecule has 1 aliphatic rings. The predicted octanol–water partition coefficient (Wildman–Crippen LogP) is 0.183. The average molecular weight is 195 g/mol. The number of rotatable bonds is 2. The Bertz CT molecular complexity index is 292. The van der Waals surface area contributed by atoms with Crippen molar-refractivity contribution in [2.24, 2.45) is 5.73 Å². The van der Waals surface area contributed by atoms with Gasteiger partial charge in [-0.05, 0) is 18.6 Å². The van der Waals surface area contributed by atoms with Gasteiger partial charge in [0.05, 0.1) is 0 Å². The van der Waals surface area contributed by atoms with E-state index >= 15 is 0 Å². The zero-order chi connectivity index (χ0) is 10.7. The van der Waals surface area contributed by atoms with Gasteiger partial charge < -0.3 is 16.0 Å². The summed E-state index contributed by atoms with van der Waals surface area (Å²) >= 11 is 0. The molecule has 1 amide bonds. The average Bonchev–Trinajstić information content (AvgIpc) is 2.07. The molecule has 14 heavy (non-hydrogen) atoms. The van der Waals surface area contributed by atoms with Crippen molar-refractivity contribution in [3.8, 4) is 0 Å². The van der Waals surface area contributed by atoms with Crippen LogP contribution in [0.2, 0.25) is 0 Å². The molecule has 0 bridgehead atoms. The second kappa shape index (κ2) is 4.28. The van der Waals surface area contributed by atoms with Crippen molar-refractivity contribution >= 4 is 5.91 Å². The summed E-state index contributed by atoms with van der Waals surface area (Å²) in [5.41, 5.74) is 6.82. The summed E-state index contributed by atoms with van der Waals surface area (Å²) in [7, 11) is 1.93. The van der Waals surface area contributed by atoms with Crippen LogP contribution in [0, 0.1) is 0 Å². The zero-order valence-corrected chi connectivity index (χ0v) is 8.87. The largest absolute Gasteiger partial charge is 0.357 e. The van der Waals surface area contributed by atoms with Gasteiger partial charge >= 0.3 is 0 Å². The number of hydrogen-bond acceptors (Lipinski definition) is 3. The first-order chi connectivity index (χ1) is 6.50. The molecule has 0 fully saturated rings. The van der Waals surface area contributed by atoms with Gasteiger partial charge in [-0.3, -0.25) is 4.79 Å². The van der Waals surface area contributed by atoms with Crippen molar-refractivity contribution in [2.45, 2.75) is 19.9 Å². The lowest BCUT2D eigenvalue weighted by Gasteiger charge is -2.26. The number of likely N-dealkylation sites (N-methyl/N-ethyl adjacent to an activating group) is 1. The van der Waals surface area contributed by atoms with Gasteiger partial charge in [-0.15, -0.1) is 0 Å². The number of nitrogens with zero attached hydrogens (tertiary/aromatic N) is 1. The minimum atomic E-state index is -0.0611. The Hall–Kier alpha value is -1.29. The molecule has 1 atom stereocenters. The molecule has 0 radical (unpaired) electrons. The fourth-order valence-electron chi connectivity index (χ4n) is 1.30. The Morgan fingerprint density at radius 2 is 2.36 bits per heavy atom. The normalized spacial score (nSPS) is 18.4. The summed E-state index contributed by atoms with van der Waals surface area (Å²) in [5, 5.41) is 2.77. The van der Waals surface area contributed by atoms with E-state index in [1.807, 2.05) is 24.9 Å². The van der Waals surface area contributed by atoms with E-state index in [1.54, 1.807) is 0 Å². The number of carbonyl (C=O) groups excluding carboxylic acids is 1. The van der Waals surface area contributed by atoms with Crippen LogP contribution < -0.4 is 11.1 Å². The van der Waals surface area contributed by atoms with Crippen LogP contribution in [0.3, 0.4) is 0 Å². The summed E-state index contributed by atoms with van der Waals surface area (Å²) in [6.07, 6.45) is 3.98. The number of amides is 1. The van der Waals surface area contributed by atoms with Gasteiger partial charge in [-0.2, -0.15) is 0 Å². The number of hydrogen-bond donors (Lipinski definition) is 2. The summed E-state index contributed by atoms with van der Waals surface area (Å²) in [6, 6.07) is 0.00691. The van der Waals surface area contributed by atoms with E-state index in [2.05, 4.69) is 11.4 Å². The zero-order valence-electron chi connectivity index (χ0n) is 8.87. The Kier molecular flexibility index (Phi) is 3.30. The van der Waals surface area contributed by atoms with Gasteiger partial charge in [-0.1, -0.05) is 6.08 Å². The SMILES string of the molecule is CC(=O)NC1=CC(C(C)N)=CCN1C. The molecule has 0 aromatic heterocycles. The van der Waals surface area contributed by atoms with Crippen LogP contribution in [0.5, 0.6) is 0 Å². The third-order valence-corrected chi connectivity index (χ3v) is 2.15. The van der Waals surface area contributed by atoms with Gasteiger partial charge in [0.15, 0.2) is 0 Å². The van der Waals surface area contributed by atoms with Crippen molar-refractivity contribution in [1.82, 2.24) is 10.2 Å². The quantitative estimate of drug-likeness (QED) is 0.661. The summed E-state index contributed by atoms with van der Waals surface area (Å²) in [6.45, 7) is 4.21. The molecule has 1 unspecified atom stereocenters. The molecule has 0 spiro atoms. The highest BCUT2D eigenvalue weighted by Gasteiger charge is 2.12. The van der Waals surface area contributed by atoms with Crippen LogP contribution in [0.15, 0.2) is 23.5 Å². The van der Waals surface area contributed by atoms with Crippen LogP contribution in [-0.4, -0.2) is 30.4 Å². The molecule has 0 aromatic carbocycles. The highest BCUT2D eigenvalue weighted by Crippen LogP contribution is 2.13. The fourth-order valence-corrected chi connectivity index (χ4v) is 1.30. The maximum Gasteiger partial charge on any atom is 0.222 e. The molecular formula is C10H17N3O. The van der Waals surface area contributed by atoms with Crippen LogP contribution >= 0.6 is 0 Å². The van der Waals surface area contributed by atoms with Crippen molar-refractivity contribution in [3.63, 3.8) is 0 Å². The molecule has 1 rings (SSSR count). The van der Waals surface area contributed by atoms with Crippen LogP contribution in [0.1, 0.15) is 13.8 Å². The molecular weight excluding hydrogens is 178 g/mol. The van der Waals surface area contributed by atoms with Gasteiger partial charge in [-0.25, -0.2) is 0 Å². The van der Waals surface area contributed by atoms with Crippen LogP contribution in [0.4, 0.5) is 0 Å². The lowest BCUT2D eigenvalue weighted by molar-refractivity contribution is -0.118. The minimum absolute atomic E-state index is 0.00691. The highest BCUT2D eigenvalue weighted by atomic mass is 16.1. The maximum atomic E-state index is 10.9. The summed E-state index contributed by atoms with van der Waals surface area (Å²) in [4.78, 5) is 12.9. The molecule has 1 aliphatic heterocycles. The van der Waals surface area contributed by atoms with E-state index < -0.39 is 0 Å². The van der Waals surface area contributed by atoms with Gasteiger partial charge in [0.25, 0.3) is 0 Å². The van der Waals surface area contributed by atoms with E-state index in [0.717, 1.165) is 17.9 Å². The van der Waals surface area contributed by atoms with Gasteiger partial charge in [0, 0.05) is 26.6 Å². The summed E-state index contributed by atoms with van der Waals surface area (Å²) < 4.78 is 0. The molecule has 0 saturated heterocycles. The number of carbonyl (C=O) groups is 1. The van der Waals surface area contributed by atoms with E-state index in [9.17, 15) is 4.79 Å². The van der Waals surface area contributed by atoms with Crippen molar-refractivity contribution < 1.29 is 4.79 Å². The Labute approximate surface area is 84.4 Å². The summed E-state index contributed by atoms with van der Waals surface area (Å²) in [5.74, 6) is 0.751. The molecule has 0 aromatic rings. The van der Waals surface area contributed by atoms with Crippen molar-refractivity contribution in [2.75, 3.05) is 13.6 Å². The third kappa shape index (κ3) is 2.60. The highest BCUT2D eigenvalue weighted by molar-refractivity contribution is 5.75. The Morgan fingerprint density at radius 1 is 1.71 bits per heavy atom. The van der Waals surface area contributed by atoms with Gasteiger partial charge in [0.2, 0.25) is 5.91 Å².